The first kappa shape index (κ1) is 13.4. The van der Waals surface area contributed by atoms with E-state index in [0.29, 0.717) is 0 Å². The monoisotopic (exact) mass is 240 g/mol. The lowest BCUT2D eigenvalue weighted by molar-refractivity contribution is -0.224. The van der Waals surface area contributed by atoms with Crippen LogP contribution in [0.5, 0.6) is 0 Å². The summed E-state index contributed by atoms with van der Waals surface area (Å²) in [4.78, 5) is 0. The number of methoxy groups -OCH3 is 1. The molecule has 0 aliphatic heterocycles. The molecule has 0 aromatic heterocycles. The van der Waals surface area contributed by atoms with Gasteiger partial charge in [0.25, 0.3) is 0 Å². The van der Waals surface area contributed by atoms with Gasteiger partial charge in [0, 0.05) is 20.0 Å². The third-order valence-corrected chi connectivity index (χ3v) is 4.86. The maximum Gasteiger partial charge on any atom is 0.167 e. The third-order valence-electron chi connectivity index (χ3n) is 4.86. The van der Waals surface area contributed by atoms with E-state index in [2.05, 4.69) is 6.92 Å². The summed E-state index contributed by atoms with van der Waals surface area (Å²) in [6.45, 7) is 3.24. The molecule has 2 aliphatic rings. The molecule has 0 spiro atoms. The van der Waals surface area contributed by atoms with Gasteiger partial charge in [-0.05, 0) is 37.5 Å². The van der Waals surface area contributed by atoms with Crippen LogP contribution in [0.1, 0.15) is 64.7 Å². The maximum atomic E-state index is 6.13. The van der Waals surface area contributed by atoms with Crippen molar-refractivity contribution in [2.24, 2.45) is 11.8 Å². The van der Waals surface area contributed by atoms with Gasteiger partial charge in [-0.1, -0.05) is 26.2 Å². The smallest absolute Gasteiger partial charge is 0.167 e. The Morgan fingerprint density at radius 3 is 2.12 bits per heavy atom. The Kier molecular flexibility index (Phi) is 4.87. The van der Waals surface area contributed by atoms with Crippen LogP contribution < -0.4 is 0 Å². The second kappa shape index (κ2) is 6.19. The van der Waals surface area contributed by atoms with E-state index in [1.54, 1.807) is 7.11 Å². The molecule has 2 heteroatoms. The SMILES string of the molecule is CCC1CCC(COC2(OC)CCCC2)CC1. The van der Waals surface area contributed by atoms with Crippen LogP contribution in [0.3, 0.4) is 0 Å². The van der Waals surface area contributed by atoms with Crippen LogP contribution in [-0.4, -0.2) is 19.5 Å². The maximum absolute atomic E-state index is 6.13. The molecule has 0 bridgehead atoms. The van der Waals surface area contributed by atoms with Crippen LogP contribution in [0.25, 0.3) is 0 Å². The van der Waals surface area contributed by atoms with Crippen molar-refractivity contribution in [1.82, 2.24) is 0 Å². The van der Waals surface area contributed by atoms with Crippen molar-refractivity contribution in [3.05, 3.63) is 0 Å². The molecule has 0 unspecified atom stereocenters. The van der Waals surface area contributed by atoms with Crippen molar-refractivity contribution in [2.45, 2.75) is 70.5 Å². The normalized spacial score (nSPS) is 32.8. The Bertz CT molecular complexity index is 213. The standard InChI is InChI=1S/C15H28O2/c1-3-13-6-8-14(9-7-13)12-17-15(16-2)10-4-5-11-15/h13-14H,3-12H2,1-2H3. The zero-order valence-electron chi connectivity index (χ0n) is 11.5. The molecule has 17 heavy (non-hydrogen) atoms. The van der Waals surface area contributed by atoms with Gasteiger partial charge in [-0.15, -0.1) is 0 Å². The summed E-state index contributed by atoms with van der Waals surface area (Å²) in [6.07, 6.45) is 11.6. The molecule has 0 saturated heterocycles. The average molecular weight is 240 g/mol. The minimum absolute atomic E-state index is 0.221. The number of hydrogen-bond donors (Lipinski definition) is 0. The van der Waals surface area contributed by atoms with Crippen molar-refractivity contribution in [2.75, 3.05) is 13.7 Å². The summed E-state index contributed by atoms with van der Waals surface area (Å²) in [6, 6.07) is 0. The zero-order chi connectivity index (χ0) is 12.1. The first-order chi connectivity index (χ1) is 8.28. The minimum Gasteiger partial charge on any atom is -0.353 e. The molecular formula is C15H28O2. The van der Waals surface area contributed by atoms with Gasteiger partial charge in [0.15, 0.2) is 5.79 Å². The van der Waals surface area contributed by atoms with Crippen molar-refractivity contribution in [1.29, 1.82) is 0 Å². The fourth-order valence-electron chi connectivity index (χ4n) is 3.40. The van der Waals surface area contributed by atoms with Crippen molar-refractivity contribution >= 4 is 0 Å². The van der Waals surface area contributed by atoms with Gasteiger partial charge in [0.2, 0.25) is 0 Å². The summed E-state index contributed by atoms with van der Waals surface area (Å²) in [5, 5.41) is 0. The number of rotatable bonds is 5. The quantitative estimate of drug-likeness (QED) is 0.672. The molecule has 0 aromatic carbocycles. The highest BCUT2D eigenvalue weighted by Gasteiger charge is 2.35. The Balaban J connectivity index is 1.71. The summed E-state index contributed by atoms with van der Waals surface area (Å²) >= 11 is 0. The second-order valence-corrected chi connectivity index (χ2v) is 5.93. The van der Waals surface area contributed by atoms with Gasteiger partial charge in [-0.25, -0.2) is 0 Å². The van der Waals surface area contributed by atoms with Crippen LogP contribution in [0.2, 0.25) is 0 Å². The van der Waals surface area contributed by atoms with E-state index in [0.717, 1.165) is 31.3 Å². The molecule has 0 aromatic rings. The lowest BCUT2D eigenvalue weighted by Gasteiger charge is -2.32. The lowest BCUT2D eigenvalue weighted by Crippen LogP contribution is -2.34. The second-order valence-electron chi connectivity index (χ2n) is 5.93. The topological polar surface area (TPSA) is 18.5 Å². The van der Waals surface area contributed by atoms with E-state index >= 15 is 0 Å². The summed E-state index contributed by atoms with van der Waals surface area (Å²) in [5.41, 5.74) is 0. The first-order valence-corrected chi connectivity index (χ1v) is 7.47. The predicted octanol–water partition coefficient (Wildman–Crippen LogP) is 4.14. The number of hydrogen-bond acceptors (Lipinski definition) is 2. The highest BCUT2D eigenvalue weighted by molar-refractivity contribution is 4.78. The molecule has 100 valence electrons. The van der Waals surface area contributed by atoms with E-state index < -0.39 is 0 Å². The Hall–Kier alpha value is -0.0800. The van der Waals surface area contributed by atoms with E-state index in [4.69, 9.17) is 9.47 Å². The van der Waals surface area contributed by atoms with Gasteiger partial charge < -0.3 is 9.47 Å². The van der Waals surface area contributed by atoms with E-state index in [1.807, 2.05) is 0 Å². The first-order valence-electron chi connectivity index (χ1n) is 7.47. The van der Waals surface area contributed by atoms with Crippen molar-refractivity contribution in [3.63, 3.8) is 0 Å². The van der Waals surface area contributed by atoms with Crippen molar-refractivity contribution in [3.8, 4) is 0 Å². The van der Waals surface area contributed by atoms with Gasteiger partial charge in [-0.3, -0.25) is 0 Å². The van der Waals surface area contributed by atoms with E-state index in [9.17, 15) is 0 Å². The fourth-order valence-corrected chi connectivity index (χ4v) is 3.40. The van der Waals surface area contributed by atoms with E-state index in [-0.39, 0.29) is 5.79 Å². The largest absolute Gasteiger partial charge is 0.353 e. The predicted molar refractivity (Wildman–Crippen MR) is 69.9 cm³/mol. The van der Waals surface area contributed by atoms with Gasteiger partial charge in [0.05, 0.1) is 6.61 Å². The summed E-state index contributed by atoms with van der Waals surface area (Å²) < 4.78 is 11.7. The molecule has 0 N–H and O–H groups in total. The highest BCUT2D eigenvalue weighted by Crippen LogP contribution is 2.36. The third kappa shape index (κ3) is 3.45. The summed E-state index contributed by atoms with van der Waals surface area (Å²) in [7, 11) is 1.80. The van der Waals surface area contributed by atoms with Crippen LogP contribution in [0.15, 0.2) is 0 Å². The highest BCUT2D eigenvalue weighted by atomic mass is 16.7. The molecule has 0 amide bonds. The van der Waals surface area contributed by atoms with Crippen molar-refractivity contribution < 1.29 is 9.47 Å². The molecule has 2 saturated carbocycles. The summed E-state index contributed by atoms with van der Waals surface area (Å²) in [5.74, 6) is 1.54. The van der Waals surface area contributed by atoms with E-state index in [1.165, 1.54) is 44.9 Å². The molecule has 2 nitrogen and oxygen atoms in total. The molecule has 0 radical (unpaired) electrons. The number of ether oxygens (including phenoxy) is 2. The Labute approximate surface area is 106 Å². The Morgan fingerprint density at radius 1 is 1.00 bits per heavy atom. The minimum atomic E-state index is -0.221. The van der Waals surface area contributed by atoms with Gasteiger partial charge in [0.1, 0.15) is 0 Å². The van der Waals surface area contributed by atoms with Crippen LogP contribution >= 0.6 is 0 Å². The molecule has 0 heterocycles. The molecule has 0 atom stereocenters. The average Bonchev–Trinajstić information content (AvgIpc) is 2.86. The molecular weight excluding hydrogens is 212 g/mol. The molecule has 2 aliphatic carbocycles. The van der Waals surface area contributed by atoms with Gasteiger partial charge in [-0.2, -0.15) is 0 Å². The van der Waals surface area contributed by atoms with Crippen LogP contribution in [0, 0.1) is 11.8 Å². The van der Waals surface area contributed by atoms with Crippen LogP contribution in [0.4, 0.5) is 0 Å². The molecule has 2 fully saturated rings. The van der Waals surface area contributed by atoms with Gasteiger partial charge >= 0.3 is 0 Å². The lowest BCUT2D eigenvalue weighted by atomic mass is 9.81. The molecule has 2 rings (SSSR count). The fraction of sp³-hybridized carbons (Fsp3) is 1.00. The Morgan fingerprint density at radius 2 is 1.59 bits per heavy atom. The van der Waals surface area contributed by atoms with Crippen LogP contribution in [-0.2, 0) is 9.47 Å². The zero-order valence-corrected chi connectivity index (χ0v) is 11.5.